The van der Waals surface area contributed by atoms with E-state index in [2.05, 4.69) is 13.8 Å². The standard InChI is InChI=1S/C17H24N2O2/c1-11(2)10-15-17(21)18(5)16(19(15)13(4)20)14-8-6-12(3)7-9-14/h6-9,11,15-16H,10H2,1-5H3. The highest BCUT2D eigenvalue weighted by molar-refractivity contribution is 5.90. The molecule has 0 radical (unpaired) electrons. The van der Waals surface area contributed by atoms with Crippen LogP contribution in [-0.4, -0.2) is 34.7 Å². The fourth-order valence-corrected chi connectivity index (χ4v) is 3.01. The minimum Gasteiger partial charge on any atom is -0.319 e. The molecule has 1 fully saturated rings. The second-order valence-corrected chi connectivity index (χ2v) is 6.31. The minimum absolute atomic E-state index is 0.0319. The molecule has 0 aliphatic carbocycles. The van der Waals surface area contributed by atoms with E-state index in [9.17, 15) is 9.59 Å². The van der Waals surface area contributed by atoms with Crippen LogP contribution < -0.4 is 0 Å². The van der Waals surface area contributed by atoms with Crippen LogP contribution in [0.2, 0.25) is 0 Å². The number of benzene rings is 1. The molecular weight excluding hydrogens is 264 g/mol. The third-order valence-electron chi connectivity index (χ3n) is 4.03. The highest BCUT2D eigenvalue weighted by Crippen LogP contribution is 2.35. The summed E-state index contributed by atoms with van der Waals surface area (Å²) in [6.45, 7) is 7.72. The quantitative estimate of drug-likeness (QED) is 0.858. The minimum atomic E-state index is -0.348. The highest BCUT2D eigenvalue weighted by Gasteiger charge is 2.46. The van der Waals surface area contributed by atoms with Gasteiger partial charge in [0.2, 0.25) is 11.8 Å². The average molecular weight is 288 g/mol. The van der Waals surface area contributed by atoms with Crippen LogP contribution in [-0.2, 0) is 9.59 Å². The Bertz CT molecular complexity index is 536. The van der Waals surface area contributed by atoms with E-state index in [0.29, 0.717) is 12.3 Å². The maximum Gasteiger partial charge on any atom is 0.247 e. The Morgan fingerprint density at radius 2 is 1.81 bits per heavy atom. The van der Waals surface area contributed by atoms with E-state index >= 15 is 0 Å². The molecule has 2 amide bonds. The van der Waals surface area contributed by atoms with E-state index in [-0.39, 0.29) is 24.0 Å². The van der Waals surface area contributed by atoms with Crippen molar-refractivity contribution >= 4 is 11.8 Å². The molecule has 0 saturated carbocycles. The first kappa shape index (κ1) is 15.5. The predicted octanol–water partition coefficient (Wildman–Crippen LogP) is 2.73. The predicted molar refractivity (Wildman–Crippen MR) is 82.5 cm³/mol. The maximum atomic E-state index is 12.5. The molecule has 2 rings (SSSR count). The first-order chi connectivity index (χ1) is 9.82. The molecule has 1 aromatic carbocycles. The molecule has 1 saturated heterocycles. The summed E-state index contributed by atoms with van der Waals surface area (Å²) in [6.07, 6.45) is 0.407. The zero-order valence-electron chi connectivity index (χ0n) is 13.5. The molecule has 1 aliphatic heterocycles. The molecule has 0 spiro atoms. The van der Waals surface area contributed by atoms with Gasteiger partial charge >= 0.3 is 0 Å². The third kappa shape index (κ3) is 2.94. The van der Waals surface area contributed by atoms with Crippen molar-refractivity contribution in [2.45, 2.75) is 46.3 Å². The van der Waals surface area contributed by atoms with E-state index in [4.69, 9.17) is 0 Å². The van der Waals surface area contributed by atoms with Gasteiger partial charge in [-0.1, -0.05) is 43.7 Å². The molecule has 2 unspecified atom stereocenters. The van der Waals surface area contributed by atoms with Crippen LogP contribution in [0, 0.1) is 12.8 Å². The van der Waals surface area contributed by atoms with Gasteiger partial charge in [-0.2, -0.15) is 0 Å². The first-order valence-corrected chi connectivity index (χ1v) is 7.45. The summed E-state index contributed by atoms with van der Waals surface area (Å²) >= 11 is 0. The van der Waals surface area contributed by atoms with Crippen molar-refractivity contribution in [2.24, 2.45) is 5.92 Å². The van der Waals surface area contributed by atoms with Gasteiger partial charge in [-0.25, -0.2) is 0 Å². The number of amides is 2. The Kier molecular flexibility index (Phi) is 4.35. The maximum absolute atomic E-state index is 12.5. The van der Waals surface area contributed by atoms with Crippen molar-refractivity contribution in [3.8, 4) is 0 Å². The molecule has 1 aliphatic rings. The van der Waals surface area contributed by atoms with Gasteiger partial charge in [0.15, 0.2) is 0 Å². The van der Waals surface area contributed by atoms with Gasteiger partial charge < -0.3 is 9.80 Å². The summed E-state index contributed by atoms with van der Waals surface area (Å²) < 4.78 is 0. The fourth-order valence-electron chi connectivity index (χ4n) is 3.01. The Morgan fingerprint density at radius 1 is 1.24 bits per heavy atom. The summed E-state index contributed by atoms with van der Waals surface area (Å²) in [5.74, 6) is 0.347. The van der Waals surface area contributed by atoms with Gasteiger partial charge in [-0.05, 0) is 24.8 Å². The van der Waals surface area contributed by atoms with Crippen molar-refractivity contribution in [3.63, 3.8) is 0 Å². The van der Waals surface area contributed by atoms with Gasteiger partial charge in [-0.15, -0.1) is 0 Å². The van der Waals surface area contributed by atoms with Gasteiger partial charge in [0, 0.05) is 14.0 Å². The first-order valence-electron chi connectivity index (χ1n) is 7.45. The molecule has 2 atom stereocenters. The van der Waals surface area contributed by atoms with Crippen molar-refractivity contribution in [2.75, 3.05) is 7.05 Å². The summed E-state index contributed by atoms with van der Waals surface area (Å²) in [4.78, 5) is 28.1. The number of hydrogen-bond acceptors (Lipinski definition) is 2. The van der Waals surface area contributed by atoms with Crippen LogP contribution in [0.5, 0.6) is 0 Å². The summed E-state index contributed by atoms with van der Waals surface area (Å²) in [5, 5.41) is 0. The molecule has 4 nitrogen and oxygen atoms in total. The molecule has 4 heteroatoms. The lowest BCUT2D eigenvalue weighted by atomic mass is 10.0. The summed E-state index contributed by atoms with van der Waals surface area (Å²) in [5.41, 5.74) is 2.15. The third-order valence-corrected chi connectivity index (χ3v) is 4.03. The lowest BCUT2D eigenvalue weighted by Gasteiger charge is -2.30. The van der Waals surface area contributed by atoms with Crippen LogP contribution in [0.1, 0.15) is 44.5 Å². The van der Waals surface area contributed by atoms with Crippen LogP contribution in [0.25, 0.3) is 0 Å². The van der Waals surface area contributed by atoms with Crippen LogP contribution in [0.15, 0.2) is 24.3 Å². The highest BCUT2D eigenvalue weighted by atomic mass is 16.2. The summed E-state index contributed by atoms with van der Waals surface area (Å²) in [7, 11) is 1.78. The van der Waals surface area contributed by atoms with Gasteiger partial charge in [-0.3, -0.25) is 9.59 Å². The van der Waals surface area contributed by atoms with Crippen LogP contribution in [0.4, 0.5) is 0 Å². The Labute approximate surface area is 126 Å². The molecule has 21 heavy (non-hydrogen) atoms. The molecule has 0 bridgehead atoms. The van der Waals surface area contributed by atoms with Gasteiger partial charge in [0.05, 0.1) is 0 Å². The van der Waals surface area contributed by atoms with Gasteiger partial charge in [0.25, 0.3) is 0 Å². The van der Waals surface area contributed by atoms with Crippen molar-refractivity contribution < 1.29 is 9.59 Å². The Morgan fingerprint density at radius 3 is 2.29 bits per heavy atom. The second kappa shape index (κ2) is 5.88. The number of aryl methyl sites for hydroxylation is 1. The molecule has 1 aromatic rings. The molecule has 0 aromatic heterocycles. The van der Waals surface area contributed by atoms with Crippen LogP contribution in [0.3, 0.4) is 0 Å². The molecular formula is C17H24N2O2. The molecule has 114 valence electrons. The Balaban J connectivity index is 2.40. The smallest absolute Gasteiger partial charge is 0.247 e. The SMILES string of the molecule is CC(=O)N1C(CC(C)C)C(=O)N(C)C1c1ccc(C)cc1. The van der Waals surface area contributed by atoms with Gasteiger partial charge in [0.1, 0.15) is 12.2 Å². The second-order valence-electron chi connectivity index (χ2n) is 6.31. The lowest BCUT2D eigenvalue weighted by molar-refractivity contribution is -0.135. The van der Waals surface area contributed by atoms with Crippen molar-refractivity contribution in [3.05, 3.63) is 35.4 Å². The van der Waals surface area contributed by atoms with Crippen LogP contribution >= 0.6 is 0 Å². The van der Waals surface area contributed by atoms with Crippen molar-refractivity contribution in [1.29, 1.82) is 0 Å². The van der Waals surface area contributed by atoms with E-state index < -0.39 is 0 Å². The average Bonchev–Trinajstić information content (AvgIpc) is 2.64. The van der Waals surface area contributed by atoms with E-state index in [1.807, 2.05) is 31.2 Å². The number of carbonyl (C=O) groups excluding carboxylic acids is 2. The zero-order valence-corrected chi connectivity index (χ0v) is 13.5. The number of likely N-dealkylation sites (N-methyl/N-ethyl adjacent to an activating group) is 1. The summed E-state index contributed by atoms with van der Waals surface area (Å²) in [6, 6.07) is 7.68. The topological polar surface area (TPSA) is 40.6 Å². The zero-order chi connectivity index (χ0) is 15.7. The monoisotopic (exact) mass is 288 g/mol. The lowest BCUT2D eigenvalue weighted by Crippen LogP contribution is -2.39. The molecule has 0 N–H and O–H groups in total. The van der Waals surface area contributed by atoms with E-state index in [1.54, 1.807) is 23.8 Å². The number of hydrogen-bond donors (Lipinski definition) is 0. The van der Waals surface area contributed by atoms with E-state index in [0.717, 1.165) is 5.56 Å². The molecule has 1 heterocycles. The number of nitrogens with zero attached hydrogens (tertiary/aromatic N) is 2. The number of rotatable bonds is 3. The largest absolute Gasteiger partial charge is 0.319 e. The number of carbonyl (C=O) groups is 2. The normalized spacial score (nSPS) is 22.3. The van der Waals surface area contributed by atoms with Crippen molar-refractivity contribution in [1.82, 2.24) is 9.80 Å². The van der Waals surface area contributed by atoms with E-state index in [1.165, 1.54) is 5.56 Å². The fraction of sp³-hybridized carbons (Fsp3) is 0.529. The Hall–Kier alpha value is -1.84.